The molecule has 19 nitrogen and oxygen atoms in total. The van der Waals surface area contributed by atoms with Crippen LogP contribution in [0.1, 0.15) is 112 Å². The number of likely N-dealkylation sites (N-methyl/N-ethyl adjacent to an activating group) is 2. The molecule has 5 rings (SSSR count). The average molecular weight is 1050 g/mol. The van der Waals surface area contributed by atoms with Crippen molar-refractivity contribution < 1.29 is 76.8 Å². The summed E-state index contributed by atoms with van der Waals surface area (Å²) in [4.78, 5) is 72.9. The minimum Gasteiger partial charge on any atom is -0.462 e. The van der Waals surface area contributed by atoms with E-state index >= 15 is 0 Å². The van der Waals surface area contributed by atoms with Gasteiger partial charge in [0.05, 0.1) is 36.9 Å². The number of aromatic nitrogens is 1. The Hall–Kier alpha value is -4.70. The molecule has 3 saturated heterocycles. The van der Waals surface area contributed by atoms with Crippen LogP contribution >= 0.6 is 0 Å². The SMILES string of the molecule is CCC(=O)O[C@@H]1CC(=O)O[C@@H](C/C=C/c2ccc(-c3ccncc3)cc2)CCCN(C)C[C@H](O)[C@H](C)C[C@H](CC=O)[C@H](O[C@@H]2OC(C)[C@@H](O[C@H]3CC(C)(OC(C)=O)[C@@H](OC(=O)CC)C(C)O3)C(N(C)C)C2O)[C@H]1OC. The van der Waals surface area contributed by atoms with Crippen LogP contribution in [0.3, 0.4) is 0 Å². The van der Waals surface area contributed by atoms with E-state index in [0.29, 0.717) is 32.4 Å². The van der Waals surface area contributed by atoms with Crippen molar-refractivity contribution in [3.8, 4) is 11.1 Å². The Morgan fingerprint density at radius 3 is 2.20 bits per heavy atom. The molecule has 1 aromatic heterocycles. The first-order valence-electron chi connectivity index (χ1n) is 26.4. The van der Waals surface area contributed by atoms with Crippen LogP contribution in [0.5, 0.6) is 0 Å². The number of carbonyl (C=O) groups is 5. The number of pyridine rings is 1. The number of hydrogen-bond acceptors (Lipinski definition) is 19. The maximum absolute atomic E-state index is 14.2. The Morgan fingerprint density at radius 1 is 0.907 bits per heavy atom. The third kappa shape index (κ3) is 17.4. The number of aliphatic hydroxyl groups excluding tert-OH is 2. The molecule has 0 bridgehead atoms. The molecule has 3 aliphatic heterocycles. The number of methoxy groups -OCH3 is 1. The lowest BCUT2D eigenvalue weighted by atomic mass is 9.82. The van der Waals surface area contributed by atoms with Crippen molar-refractivity contribution in [2.24, 2.45) is 11.8 Å². The van der Waals surface area contributed by atoms with Crippen molar-refractivity contribution >= 4 is 36.2 Å². The van der Waals surface area contributed by atoms with Crippen LogP contribution in [0, 0.1) is 11.8 Å². The number of benzene rings is 1. The molecular formula is C56H83N3O16. The smallest absolute Gasteiger partial charge is 0.309 e. The fourth-order valence-electron chi connectivity index (χ4n) is 10.5. The van der Waals surface area contributed by atoms with Gasteiger partial charge in [-0.05, 0) is 108 Å². The van der Waals surface area contributed by atoms with E-state index in [0.717, 1.165) is 23.0 Å². The van der Waals surface area contributed by atoms with Crippen molar-refractivity contribution in [1.29, 1.82) is 0 Å². The van der Waals surface area contributed by atoms with E-state index in [4.69, 9.17) is 42.6 Å². The van der Waals surface area contributed by atoms with Gasteiger partial charge >= 0.3 is 23.9 Å². The number of β-amino-alcohol motifs (C(OH)–C–C–N with tert-alkyl or cyclic N) is 1. The van der Waals surface area contributed by atoms with Crippen molar-refractivity contribution in [1.82, 2.24) is 14.8 Å². The maximum Gasteiger partial charge on any atom is 0.309 e. The van der Waals surface area contributed by atoms with Crippen molar-refractivity contribution in [2.75, 3.05) is 41.3 Å². The molecule has 3 aliphatic rings. The van der Waals surface area contributed by atoms with Gasteiger partial charge in [-0.15, -0.1) is 0 Å². The van der Waals surface area contributed by atoms with E-state index < -0.39 is 127 Å². The van der Waals surface area contributed by atoms with Gasteiger partial charge in [-0.1, -0.05) is 57.2 Å². The van der Waals surface area contributed by atoms with Gasteiger partial charge in [0.2, 0.25) is 0 Å². The molecule has 75 heavy (non-hydrogen) atoms. The zero-order chi connectivity index (χ0) is 55.0. The molecule has 0 saturated carbocycles. The van der Waals surface area contributed by atoms with Crippen LogP contribution in [0.4, 0.5) is 0 Å². The molecule has 418 valence electrons. The Labute approximate surface area is 442 Å². The second kappa shape index (κ2) is 29.2. The maximum atomic E-state index is 14.2. The normalized spacial score (nSPS) is 33.8. The first-order valence-corrected chi connectivity index (χ1v) is 26.4. The van der Waals surface area contributed by atoms with Crippen LogP contribution in [0.15, 0.2) is 54.9 Å². The highest BCUT2D eigenvalue weighted by atomic mass is 16.7. The predicted octanol–water partition coefficient (Wildman–Crippen LogP) is 5.69. The second-order valence-corrected chi connectivity index (χ2v) is 20.7. The summed E-state index contributed by atoms with van der Waals surface area (Å²) in [5.41, 5.74) is 1.73. The number of ether oxygens (including phenoxy) is 9. The molecule has 0 aliphatic carbocycles. The van der Waals surface area contributed by atoms with E-state index in [1.165, 1.54) is 14.0 Å². The summed E-state index contributed by atoms with van der Waals surface area (Å²) in [6.07, 6.45) is -2.88. The largest absolute Gasteiger partial charge is 0.462 e. The Morgan fingerprint density at radius 2 is 1.57 bits per heavy atom. The summed E-state index contributed by atoms with van der Waals surface area (Å²) in [5.74, 6) is -3.46. The molecule has 1 aromatic carbocycles. The lowest BCUT2D eigenvalue weighted by Crippen LogP contribution is -2.66. The number of aliphatic hydroxyl groups is 2. The molecule has 0 spiro atoms. The minimum absolute atomic E-state index is 0.0248. The summed E-state index contributed by atoms with van der Waals surface area (Å²) in [7, 11) is 6.81. The summed E-state index contributed by atoms with van der Waals surface area (Å²) >= 11 is 0. The highest BCUT2D eigenvalue weighted by molar-refractivity contribution is 5.73. The van der Waals surface area contributed by atoms with Crippen LogP contribution in [0.2, 0.25) is 0 Å². The second-order valence-electron chi connectivity index (χ2n) is 20.7. The summed E-state index contributed by atoms with van der Waals surface area (Å²) < 4.78 is 56.2. The van der Waals surface area contributed by atoms with Crippen molar-refractivity contribution in [3.63, 3.8) is 0 Å². The number of hydrogen-bond donors (Lipinski definition) is 2. The van der Waals surface area contributed by atoms with Crippen molar-refractivity contribution in [2.45, 2.75) is 192 Å². The topological polar surface area (TPSA) is 228 Å². The number of carbonyl (C=O) groups excluding carboxylic acids is 5. The first kappa shape index (κ1) is 61.2. The molecule has 2 N–H and O–H groups in total. The number of aldehydes is 1. The van der Waals surface area contributed by atoms with Crippen LogP contribution < -0.4 is 0 Å². The van der Waals surface area contributed by atoms with E-state index in [9.17, 15) is 34.2 Å². The third-order valence-corrected chi connectivity index (χ3v) is 14.5. The molecule has 0 amide bonds. The number of nitrogens with zero attached hydrogens (tertiary/aromatic N) is 3. The van der Waals surface area contributed by atoms with E-state index in [2.05, 4.69) is 4.98 Å². The monoisotopic (exact) mass is 1050 g/mol. The van der Waals surface area contributed by atoms with E-state index in [-0.39, 0.29) is 32.1 Å². The number of esters is 4. The van der Waals surface area contributed by atoms with Crippen LogP contribution in [-0.4, -0.2) is 182 Å². The van der Waals surface area contributed by atoms with Crippen molar-refractivity contribution in [3.05, 3.63) is 60.4 Å². The van der Waals surface area contributed by atoms with Gasteiger partial charge in [0.15, 0.2) is 24.3 Å². The highest BCUT2D eigenvalue weighted by Gasteiger charge is 2.54. The van der Waals surface area contributed by atoms with E-state index in [1.807, 2.05) is 67.4 Å². The van der Waals surface area contributed by atoms with Gasteiger partial charge < -0.3 is 67.4 Å². The predicted molar refractivity (Wildman–Crippen MR) is 276 cm³/mol. The Balaban J connectivity index is 1.44. The van der Waals surface area contributed by atoms with Gasteiger partial charge in [-0.3, -0.25) is 24.2 Å². The average Bonchev–Trinajstić information content (AvgIpc) is 3.35. The fraction of sp³-hybridized carbons (Fsp3) is 0.679. The molecular weight excluding hydrogens is 971 g/mol. The van der Waals surface area contributed by atoms with E-state index in [1.54, 1.807) is 66.0 Å². The van der Waals surface area contributed by atoms with Gasteiger partial charge in [0, 0.05) is 65.1 Å². The highest BCUT2D eigenvalue weighted by Crippen LogP contribution is 2.39. The molecule has 19 heteroatoms. The molecule has 4 heterocycles. The Bertz CT molecular complexity index is 2150. The molecule has 3 fully saturated rings. The molecule has 5 unspecified atom stereocenters. The molecule has 16 atom stereocenters. The first-order chi connectivity index (χ1) is 35.7. The number of rotatable bonds is 17. The quantitative estimate of drug-likeness (QED) is 0.110. The summed E-state index contributed by atoms with van der Waals surface area (Å²) in [5, 5.41) is 24.1. The fourth-order valence-corrected chi connectivity index (χ4v) is 10.5. The molecule has 2 aromatic rings. The molecule has 0 radical (unpaired) electrons. The zero-order valence-electron chi connectivity index (χ0n) is 45.7. The van der Waals surface area contributed by atoms with Crippen LogP contribution in [-0.2, 0) is 66.6 Å². The lowest BCUT2D eigenvalue weighted by molar-refractivity contribution is -0.344. The lowest BCUT2D eigenvalue weighted by Gasteiger charge is -2.50. The van der Waals surface area contributed by atoms with Crippen LogP contribution in [0.25, 0.3) is 17.2 Å². The Kier molecular flexibility index (Phi) is 23.8. The summed E-state index contributed by atoms with van der Waals surface area (Å²) in [6.45, 7) is 12.4. The van der Waals surface area contributed by atoms with Gasteiger partial charge in [0.25, 0.3) is 0 Å². The summed E-state index contributed by atoms with van der Waals surface area (Å²) in [6, 6.07) is 11.2. The van der Waals surface area contributed by atoms with Gasteiger partial charge in [0.1, 0.15) is 36.8 Å². The number of cyclic esters (lactones) is 1. The standard InChI is InChI=1S/C56H83N3O16/c1-12-45(63)71-44-31-47(65)70-42(17-14-16-38-19-21-39(22-20-38)40-23-26-57-27-24-40)18-15-28-59(10)33-43(62)34(3)30-41(25-29-60)52(53(44)67-11)74-55-50(66)49(58(8)9)51(35(4)69-55)73-48-32-56(7,75-37(6)61)54(36(5)68-48)72-46(64)13-2/h14,16,19-24,26-27,29,34-36,41-44,48-55,62,66H,12-13,15,17-18,25,28,30-33H2,1-11H3/b16-14+/t34-,35?,36?,41+,42+,43+,44-,48+,49?,50?,51-,52+,53+,54+,55+,56?/m1/s1. The van der Waals surface area contributed by atoms with Gasteiger partial charge in [-0.25, -0.2) is 0 Å². The zero-order valence-corrected chi connectivity index (χ0v) is 45.7. The van der Waals surface area contributed by atoms with Gasteiger partial charge in [-0.2, -0.15) is 0 Å². The third-order valence-electron chi connectivity index (χ3n) is 14.5. The minimum atomic E-state index is -1.44.